The summed E-state index contributed by atoms with van der Waals surface area (Å²) >= 11 is 3.26. The molecule has 0 bridgehead atoms. The van der Waals surface area contributed by atoms with Crippen LogP contribution in [0.2, 0.25) is 0 Å². The van der Waals surface area contributed by atoms with Crippen molar-refractivity contribution in [3.8, 4) is 0 Å². The van der Waals surface area contributed by atoms with Crippen LogP contribution in [-0.2, 0) is 18.7 Å². The lowest BCUT2D eigenvalue weighted by Crippen LogP contribution is -2.22. The van der Waals surface area contributed by atoms with Gasteiger partial charge in [0.25, 0.3) is 0 Å². The summed E-state index contributed by atoms with van der Waals surface area (Å²) in [5.74, 6) is 0.601. The summed E-state index contributed by atoms with van der Waals surface area (Å²) in [6, 6.07) is 6.89. The second-order valence-electron chi connectivity index (χ2n) is 4.12. The number of nitrogens with zero attached hydrogens (tertiary/aromatic N) is 1. The zero-order valence-corrected chi connectivity index (χ0v) is 11.4. The molecule has 1 aliphatic rings. The number of fused-ring (bicyclic) bond motifs is 1. The topological polar surface area (TPSA) is 24.9 Å². The highest BCUT2D eigenvalue weighted by Gasteiger charge is 2.14. The van der Waals surface area contributed by atoms with Crippen molar-refractivity contribution in [2.45, 2.75) is 23.6 Å². The minimum Gasteiger partial charge on any atom is -0.311 e. The Bertz CT molecular complexity index is 530. The summed E-state index contributed by atoms with van der Waals surface area (Å²) in [5, 5.41) is 4.44. The Labute approximate surface area is 114 Å². The maximum absolute atomic E-state index is 13.5. The van der Waals surface area contributed by atoms with Crippen molar-refractivity contribution in [3.05, 3.63) is 45.7 Å². The van der Waals surface area contributed by atoms with Gasteiger partial charge in [0.1, 0.15) is 10.8 Å². The van der Waals surface area contributed by atoms with E-state index < -0.39 is 0 Å². The maximum Gasteiger partial charge on any atom is 0.136 e. The van der Waals surface area contributed by atoms with Gasteiger partial charge in [0.15, 0.2) is 0 Å². The van der Waals surface area contributed by atoms with E-state index in [0.29, 0.717) is 4.90 Å². The van der Waals surface area contributed by atoms with Crippen LogP contribution in [0.3, 0.4) is 0 Å². The van der Waals surface area contributed by atoms with Gasteiger partial charge in [-0.1, -0.05) is 12.1 Å². The largest absolute Gasteiger partial charge is 0.311 e. The van der Waals surface area contributed by atoms with Crippen LogP contribution >= 0.6 is 23.1 Å². The molecule has 0 radical (unpaired) electrons. The van der Waals surface area contributed by atoms with Crippen LogP contribution < -0.4 is 5.32 Å². The van der Waals surface area contributed by atoms with Gasteiger partial charge in [0.2, 0.25) is 0 Å². The van der Waals surface area contributed by atoms with Gasteiger partial charge in [-0.15, -0.1) is 23.1 Å². The predicted molar refractivity (Wildman–Crippen MR) is 73.5 cm³/mol. The number of thiazole rings is 1. The molecule has 1 aromatic heterocycles. The average molecular weight is 280 g/mol. The van der Waals surface area contributed by atoms with E-state index in [2.05, 4.69) is 10.3 Å². The monoisotopic (exact) mass is 280 g/mol. The van der Waals surface area contributed by atoms with Gasteiger partial charge in [0, 0.05) is 29.3 Å². The third-order valence-corrected chi connectivity index (χ3v) is 5.17. The van der Waals surface area contributed by atoms with Crippen molar-refractivity contribution in [1.82, 2.24) is 10.3 Å². The van der Waals surface area contributed by atoms with Crippen LogP contribution in [0, 0.1) is 5.82 Å². The highest BCUT2D eigenvalue weighted by atomic mass is 32.2. The molecule has 3 rings (SSSR count). The Morgan fingerprint density at radius 3 is 3.11 bits per heavy atom. The lowest BCUT2D eigenvalue weighted by Gasteiger charge is -2.09. The molecule has 0 saturated carbocycles. The molecule has 0 atom stereocenters. The fourth-order valence-corrected chi connectivity index (χ4v) is 3.96. The summed E-state index contributed by atoms with van der Waals surface area (Å²) in [6.45, 7) is 1.94. The molecule has 1 aliphatic heterocycles. The first-order valence-electron chi connectivity index (χ1n) is 5.88. The number of hydrogen-bond donors (Lipinski definition) is 1. The Kier molecular flexibility index (Phi) is 3.63. The zero-order chi connectivity index (χ0) is 12.4. The molecule has 0 saturated heterocycles. The van der Waals surface area contributed by atoms with Gasteiger partial charge < -0.3 is 5.32 Å². The summed E-state index contributed by atoms with van der Waals surface area (Å²) in [7, 11) is 0. The average Bonchev–Trinajstić information content (AvgIpc) is 2.80. The van der Waals surface area contributed by atoms with Gasteiger partial charge in [-0.05, 0) is 12.1 Å². The van der Waals surface area contributed by atoms with Gasteiger partial charge in [-0.2, -0.15) is 0 Å². The molecule has 0 fully saturated rings. The first-order chi connectivity index (χ1) is 8.83. The molecule has 2 heterocycles. The third kappa shape index (κ3) is 2.58. The first-order valence-corrected chi connectivity index (χ1v) is 7.68. The fraction of sp³-hybridized carbons (Fsp3) is 0.308. The minimum absolute atomic E-state index is 0.148. The van der Waals surface area contributed by atoms with Crippen LogP contribution in [0.4, 0.5) is 4.39 Å². The van der Waals surface area contributed by atoms with E-state index in [0.717, 1.165) is 30.3 Å². The molecule has 5 heteroatoms. The summed E-state index contributed by atoms with van der Waals surface area (Å²) in [4.78, 5) is 6.67. The van der Waals surface area contributed by atoms with Crippen LogP contribution in [-0.4, -0.2) is 11.5 Å². The Morgan fingerprint density at radius 2 is 2.28 bits per heavy atom. The van der Waals surface area contributed by atoms with Crippen molar-refractivity contribution in [1.29, 1.82) is 0 Å². The quantitative estimate of drug-likeness (QED) is 0.874. The van der Waals surface area contributed by atoms with E-state index in [1.165, 1.54) is 28.4 Å². The van der Waals surface area contributed by atoms with Crippen molar-refractivity contribution < 1.29 is 4.39 Å². The van der Waals surface area contributed by atoms with Crippen molar-refractivity contribution in [2.75, 3.05) is 6.54 Å². The zero-order valence-electron chi connectivity index (χ0n) is 9.78. The molecule has 0 amide bonds. The Hall–Kier alpha value is -0.910. The molecule has 0 aliphatic carbocycles. The predicted octanol–water partition coefficient (Wildman–Crippen LogP) is 3.22. The number of rotatable bonds is 3. The SMILES string of the molecule is Fc1ccccc1SCc1nc2c(s1)CNCC2. The van der Waals surface area contributed by atoms with E-state index in [1.807, 2.05) is 12.1 Å². The van der Waals surface area contributed by atoms with Crippen molar-refractivity contribution >= 4 is 23.1 Å². The molecular formula is C13H13FN2S2. The van der Waals surface area contributed by atoms with Gasteiger partial charge in [-0.25, -0.2) is 9.37 Å². The highest BCUT2D eigenvalue weighted by Crippen LogP contribution is 2.29. The number of aromatic nitrogens is 1. The van der Waals surface area contributed by atoms with Crippen LogP contribution in [0.5, 0.6) is 0 Å². The van der Waals surface area contributed by atoms with E-state index in [4.69, 9.17) is 0 Å². The second kappa shape index (κ2) is 5.38. The molecule has 0 spiro atoms. The third-order valence-electron chi connectivity index (χ3n) is 2.83. The van der Waals surface area contributed by atoms with Crippen molar-refractivity contribution in [3.63, 3.8) is 0 Å². The smallest absolute Gasteiger partial charge is 0.136 e. The highest BCUT2D eigenvalue weighted by molar-refractivity contribution is 7.98. The maximum atomic E-state index is 13.5. The summed E-state index contributed by atoms with van der Waals surface area (Å²) < 4.78 is 13.5. The van der Waals surface area contributed by atoms with Gasteiger partial charge in [0.05, 0.1) is 11.4 Å². The molecule has 0 unspecified atom stereocenters. The van der Waals surface area contributed by atoms with E-state index >= 15 is 0 Å². The summed E-state index contributed by atoms with van der Waals surface area (Å²) in [6.07, 6.45) is 1.01. The Morgan fingerprint density at radius 1 is 1.39 bits per heavy atom. The molecular weight excluding hydrogens is 267 g/mol. The standard InChI is InChI=1S/C13H13FN2S2/c14-9-3-1-2-4-11(9)17-8-13-16-10-5-6-15-7-12(10)18-13/h1-4,15H,5-8H2. The van der Waals surface area contributed by atoms with E-state index in [9.17, 15) is 4.39 Å². The van der Waals surface area contributed by atoms with E-state index in [1.54, 1.807) is 17.4 Å². The molecule has 2 nitrogen and oxygen atoms in total. The van der Waals surface area contributed by atoms with Gasteiger partial charge in [-0.3, -0.25) is 0 Å². The molecule has 2 aromatic rings. The normalized spacial score (nSPS) is 14.5. The molecule has 94 valence electrons. The second-order valence-corrected chi connectivity index (χ2v) is 6.31. The number of halogens is 1. The number of nitrogens with one attached hydrogen (secondary N) is 1. The molecule has 1 aromatic carbocycles. The number of hydrogen-bond acceptors (Lipinski definition) is 4. The van der Waals surface area contributed by atoms with Crippen LogP contribution in [0.1, 0.15) is 15.6 Å². The number of benzene rings is 1. The fourth-order valence-electron chi connectivity index (χ4n) is 1.94. The van der Waals surface area contributed by atoms with Crippen LogP contribution in [0.15, 0.2) is 29.2 Å². The van der Waals surface area contributed by atoms with Crippen molar-refractivity contribution in [2.24, 2.45) is 0 Å². The minimum atomic E-state index is -0.148. The summed E-state index contributed by atoms with van der Waals surface area (Å²) in [5.41, 5.74) is 1.22. The first kappa shape index (κ1) is 12.1. The lowest BCUT2D eigenvalue weighted by molar-refractivity contribution is 0.602. The molecule has 18 heavy (non-hydrogen) atoms. The van der Waals surface area contributed by atoms with Crippen LogP contribution in [0.25, 0.3) is 0 Å². The Balaban J connectivity index is 1.70. The van der Waals surface area contributed by atoms with Gasteiger partial charge >= 0.3 is 0 Å². The van der Waals surface area contributed by atoms with E-state index in [-0.39, 0.29) is 5.82 Å². The number of thioether (sulfide) groups is 1. The lowest BCUT2D eigenvalue weighted by atomic mass is 10.2. The molecule has 1 N–H and O–H groups in total.